The quantitative estimate of drug-likeness (QED) is 0.882. The van der Waals surface area contributed by atoms with E-state index in [-0.39, 0.29) is 25.6 Å². The third-order valence-electron chi connectivity index (χ3n) is 2.22. The van der Waals surface area contributed by atoms with Crippen molar-refractivity contribution in [1.29, 1.82) is 0 Å². The van der Waals surface area contributed by atoms with E-state index in [0.29, 0.717) is 17.7 Å². The molecule has 2 heterocycles. The Balaban J connectivity index is 0.00000144. The van der Waals surface area contributed by atoms with E-state index in [1.54, 1.807) is 12.4 Å². The summed E-state index contributed by atoms with van der Waals surface area (Å²) in [6, 6.07) is 3.73. The fourth-order valence-corrected chi connectivity index (χ4v) is 1.31. The predicted molar refractivity (Wildman–Crippen MR) is 67.1 cm³/mol. The number of aromatic amines is 1. The summed E-state index contributed by atoms with van der Waals surface area (Å²) < 4.78 is 17.6. The lowest BCUT2D eigenvalue weighted by Crippen LogP contribution is -2.10. The van der Waals surface area contributed by atoms with Crippen LogP contribution in [0, 0.1) is 0 Å². The van der Waals surface area contributed by atoms with E-state index in [4.69, 9.17) is 10.5 Å². The second-order valence-electron chi connectivity index (χ2n) is 3.35. The maximum Gasteiger partial charge on any atom is 0.138 e. The average molecular weight is 258 g/mol. The Hall–Kier alpha value is -1.59. The van der Waals surface area contributed by atoms with E-state index in [1.807, 2.05) is 12.1 Å². The third-order valence-corrected chi connectivity index (χ3v) is 2.22. The highest BCUT2D eigenvalue weighted by atomic mass is 35.5. The SMILES string of the molecule is Cl.NC/C(=C/F)COc1cnc2[nH]ccc2c1. The zero-order chi connectivity index (χ0) is 11.4. The molecule has 0 amide bonds. The number of nitrogens with zero attached hydrogens (tertiary/aromatic N) is 1. The van der Waals surface area contributed by atoms with Crippen LogP contribution in [-0.2, 0) is 0 Å². The molecule has 0 aliphatic rings. The molecule has 0 unspecified atom stereocenters. The first-order valence-corrected chi connectivity index (χ1v) is 4.87. The van der Waals surface area contributed by atoms with Crippen molar-refractivity contribution in [2.24, 2.45) is 5.73 Å². The van der Waals surface area contributed by atoms with E-state index < -0.39 is 0 Å². The molecule has 0 saturated carbocycles. The van der Waals surface area contributed by atoms with Crippen LogP contribution in [0.25, 0.3) is 11.0 Å². The number of nitrogens with one attached hydrogen (secondary N) is 1. The summed E-state index contributed by atoms with van der Waals surface area (Å²) >= 11 is 0. The highest BCUT2D eigenvalue weighted by molar-refractivity contribution is 5.85. The minimum atomic E-state index is 0. The molecule has 17 heavy (non-hydrogen) atoms. The normalized spacial score (nSPS) is 11.3. The summed E-state index contributed by atoms with van der Waals surface area (Å²) in [5.41, 5.74) is 6.52. The Kier molecular flexibility index (Phi) is 4.93. The van der Waals surface area contributed by atoms with Crippen molar-refractivity contribution in [3.8, 4) is 5.75 Å². The van der Waals surface area contributed by atoms with Gasteiger partial charge in [0.25, 0.3) is 0 Å². The monoisotopic (exact) mass is 257 g/mol. The summed E-state index contributed by atoms with van der Waals surface area (Å²) in [5, 5.41) is 0.955. The molecule has 3 N–H and O–H groups in total. The van der Waals surface area contributed by atoms with Gasteiger partial charge in [0.15, 0.2) is 0 Å². The van der Waals surface area contributed by atoms with Crippen LogP contribution in [0.3, 0.4) is 0 Å². The molecule has 92 valence electrons. The van der Waals surface area contributed by atoms with Crippen LogP contribution in [-0.4, -0.2) is 23.1 Å². The summed E-state index contributed by atoms with van der Waals surface area (Å²) in [7, 11) is 0. The fraction of sp³-hybridized carbons (Fsp3) is 0.182. The van der Waals surface area contributed by atoms with Gasteiger partial charge in [-0.2, -0.15) is 0 Å². The second kappa shape index (κ2) is 6.22. The fourth-order valence-electron chi connectivity index (χ4n) is 1.31. The zero-order valence-electron chi connectivity index (χ0n) is 9.02. The molecule has 0 aromatic carbocycles. The predicted octanol–water partition coefficient (Wildman–Crippen LogP) is 2.18. The van der Waals surface area contributed by atoms with Gasteiger partial charge in [0.1, 0.15) is 18.0 Å². The van der Waals surface area contributed by atoms with Gasteiger partial charge in [0, 0.05) is 23.7 Å². The van der Waals surface area contributed by atoms with E-state index in [9.17, 15) is 4.39 Å². The minimum absolute atomic E-state index is 0. The topological polar surface area (TPSA) is 63.9 Å². The first-order chi connectivity index (χ1) is 7.83. The maximum absolute atomic E-state index is 12.2. The van der Waals surface area contributed by atoms with Gasteiger partial charge >= 0.3 is 0 Å². The van der Waals surface area contributed by atoms with Gasteiger partial charge in [-0.3, -0.25) is 0 Å². The molecule has 6 heteroatoms. The summed E-state index contributed by atoms with van der Waals surface area (Å²) in [6.07, 6.45) is 3.86. The van der Waals surface area contributed by atoms with Gasteiger partial charge in [-0.15, -0.1) is 12.4 Å². The smallest absolute Gasteiger partial charge is 0.138 e. The van der Waals surface area contributed by atoms with Crippen LogP contribution in [0.1, 0.15) is 0 Å². The molecule has 2 aromatic rings. The lowest BCUT2D eigenvalue weighted by Gasteiger charge is -2.06. The lowest BCUT2D eigenvalue weighted by atomic mass is 10.3. The average Bonchev–Trinajstić information content (AvgIpc) is 2.77. The highest BCUT2D eigenvalue weighted by Gasteiger charge is 2.01. The van der Waals surface area contributed by atoms with Gasteiger partial charge in [0.05, 0.1) is 12.5 Å². The highest BCUT2D eigenvalue weighted by Crippen LogP contribution is 2.17. The van der Waals surface area contributed by atoms with Gasteiger partial charge in [-0.1, -0.05) is 0 Å². The molecule has 4 nitrogen and oxygen atoms in total. The molecule has 0 atom stereocenters. The van der Waals surface area contributed by atoms with Gasteiger partial charge in [0.2, 0.25) is 0 Å². The van der Waals surface area contributed by atoms with Crippen molar-refractivity contribution in [3.63, 3.8) is 0 Å². The van der Waals surface area contributed by atoms with Crippen molar-refractivity contribution in [1.82, 2.24) is 9.97 Å². The standard InChI is InChI=1S/C11H12FN3O.ClH/c12-4-8(5-13)7-16-10-3-9-1-2-14-11(9)15-6-10;/h1-4,6H,5,7,13H2,(H,14,15);1H/b8-4-;. The molecular weight excluding hydrogens is 245 g/mol. The Morgan fingerprint density at radius 2 is 2.41 bits per heavy atom. The molecule has 0 radical (unpaired) electrons. The largest absolute Gasteiger partial charge is 0.487 e. The first-order valence-electron chi connectivity index (χ1n) is 4.87. The van der Waals surface area contributed by atoms with Gasteiger partial charge in [-0.25, -0.2) is 9.37 Å². The third kappa shape index (κ3) is 3.18. The summed E-state index contributed by atoms with van der Waals surface area (Å²) in [5.74, 6) is 0.597. The minimum Gasteiger partial charge on any atom is -0.487 e. The van der Waals surface area contributed by atoms with Crippen molar-refractivity contribution in [3.05, 3.63) is 36.4 Å². The second-order valence-corrected chi connectivity index (χ2v) is 3.35. The maximum atomic E-state index is 12.2. The Morgan fingerprint density at radius 3 is 3.12 bits per heavy atom. The van der Waals surface area contributed by atoms with Gasteiger partial charge < -0.3 is 15.5 Å². The van der Waals surface area contributed by atoms with E-state index in [1.165, 1.54) is 0 Å². The molecule has 0 bridgehead atoms. The number of rotatable bonds is 4. The molecule has 0 fully saturated rings. The van der Waals surface area contributed by atoms with E-state index in [2.05, 4.69) is 9.97 Å². The molecular formula is C11H13ClFN3O. The molecule has 0 spiro atoms. The van der Waals surface area contributed by atoms with E-state index >= 15 is 0 Å². The van der Waals surface area contributed by atoms with Crippen molar-refractivity contribution >= 4 is 23.4 Å². The van der Waals surface area contributed by atoms with E-state index in [0.717, 1.165) is 11.0 Å². The van der Waals surface area contributed by atoms with Crippen LogP contribution >= 0.6 is 12.4 Å². The number of aromatic nitrogens is 2. The number of pyridine rings is 1. The van der Waals surface area contributed by atoms with Crippen LogP contribution < -0.4 is 10.5 Å². The van der Waals surface area contributed by atoms with Crippen LogP contribution in [0.5, 0.6) is 5.75 Å². The van der Waals surface area contributed by atoms with Crippen molar-refractivity contribution in [2.75, 3.05) is 13.2 Å². The number of nitrogens with two attached hydrogens (primary N) is 1. The summed E-state index contributed by atoms with van der Waals surface area (Å²) in [6.45, 7) is 0.293. The van der Waals surface area contributed by atoms with Crippen LogP contribution in [0.2, 0.25) is 0 Å². The molecule has 0 aliphatic carbocycles. The Morgan fingerprint density at radius 1 is 1.59 bits per heavy atom. The zero-order valence-corrected chi connectivity index (χ0v) is 9.84. The molecule has 0 aliphatic heterocycles. The number of fused-ring (bicyclic) bond motifs is 1. The Labute approximate surface area is 104 Å². The number of hydrogen-bond acceptors (Lipinski definition) is 3. The summed E-state index contributed by atoms with van der Waals surface area (Å²) in [4.78, 5) is 7.12. The van der Waals surface area contributed by atoms with Crippen LogP contribution in [0.15, 0.2) is 36.4 Å². The van der Waals surface area contributed by atoms with Crippen molar-refractivity contribution < 1.29 is 9.13 Å². The number of halogens is 2. The molecule has 0 saturated heterocycles. The first kappa shape index (κ1) is 13.5. The number of hydrogen-bond donors (Lipinski definition) is 2. The van der Waals surface area contributed by atoms with Crippen LogP contribution in [0.4, 0.5) is 4.39 Å². The molecule has 2 aromatic heterocycles. The van der Waals surface area contributed by atoms with Gasteiger partial charge in [-0.05, 0) is 12.1 Å². The Bertz CT molecular complexity index is 512. The number of ether oxygens (including phenoxy) is 1. The lowest BCUT2D eigenvalue weighted by molar-refractivity contribution is 0.347. The molecule has 2 rings (SSSR count). The van der Waals surface area contributed by atoms with Crippen molar-refractivity contribution in [2.45, 2.75) is 0 Å². The number of H-pyrrole nitrogens is 1.